The van der Waals surface area contributed by atoms with Gasteiger partial charge in [0.25, 0.3) is 0 Å². The number of rotatable bonds is 8. The van der Waals surface area contributed by atoms with E-state index in [1.54, 1.807) is 0 Å². The number of amides is 1. The molecule has 0 saturated carbocycles. The fraction of sp³-hybridized carbons (Fsp3) is 0.667. The number of benzene rings is 1. The molecule has 1 fully saturated rings. The summed E-state index contributed by atoms with van der Waals surface area (Å²) in [6.45, 7) is 10.7. The highest BCUT2D eigenvalue weighted by Crippen LogP contribution is 2.21. The van der Waals surface area contributed by atoms with Crippen LogP contribution in [-0.4, -0.2) is 42.6 Å². The van der Waals surface area contributed by atoms with E-state index in [2.05, 4.69) is 50.0 Å². The van der Waals surface area contributed by atoms with Crippen LogP contribution in [0.4, 0.5) is 0 Å². The molecule has 0 aromatic heterocycles. The van der Waals surface area contributed by atoms with Crippen molar-refractivity contribution in [3.8, 4) is 0 Å². The van der Waals surface area contributed by atoms with Crippen LogP contribution in [0, 0.1) is 5.92 Å². The zero-order chi connectivity index (χ0) is 18.2. The molecule has 0 unspecified atom stereocenters. The number of hydrogen-bond donors (Lipinski definition) is 1. The third kappa shape index (κ3) is 6.44. The van der Waals surface area contributed by atoms with Crippen molar-refractivity contribution in [2.75, 3.05) is 19.7 Å². The highest BCUT2D eigenvalue weighted by molar-refractivity contribution is 5.78. The van der Waals surface area contributed by atoms with E-state index in [1.807, 2.05) is 18.2 Å². The Bertz CT molecular complexity index is 510. The Hall–Kier alpha value is -1.39. The maximum atomic E-state index is 12.7. The lowest BCUT2D eigenvalue weighted by atomic mass is 9.96. The Morgan fingerprint density at radius 3 is 2.48 bits per heavy atom. The van der Waals surface area contributed by atoms with Gasteiger partial charge in [-0.1, -0.05) is 44.2 Å². The fourth-order valence-electron chi connectivity index (χ4n) is 3.37. The van der Waals surface area contributed by atoms with Crippen molar-refractivity contribution in [1.29, 1.82) is 0 Å². The molecule has 1 heterocycles. The van der Waals surface area contributed by atoms with Gasteiger partial charge >= 0.3 is 0 Å². The van der Waals surface area contributed by atoms with E-state index in [0.29, 0.717) is 18.5 Å². The Labute approximate surface area is 152 Å². The van der Waals surface area contributed by atoms with Crippen LogP contribution in [0.1, 0.15) is 58.6 Å². The molecule has 1 aliphatic heterocycles. The molecular weight excluding hydrogens is 312 g/mol. The first-order valence-corrected chi connectivity index (χ1v) is 9.67. The van der Waals surface area contributed by atoms with Crippen molar-refractivity contribution in [2.24, 2.45) is 5.92 Å². The van der Waals surface area contributed by atoms with Crippen LogP contribution in [0.25, 0.3) is 0 Å². The van der Waals surface area contributed by atoms with Gasteiger partial charge in [0.05, 0.1) is 18.7 Å². The van der Waals surface area contributed by atoms with Crippen LogP contribution < -0.4 is 5.32 Å². The molecule has 1 amide bonds. The average Bonchev–Trinajstić information content (AvgIpc) is 2.60. The third-order valence-corrected chi connectivity index (χ3v) is 4.93. The number of hydrogen-bond acceptors (Lipinski definition) is 3. The molecule has 1 aliphatic rings. The summed E-state index contributed by atoms with van der Waals surface area (Å²) in [5, 5.41) is 3.23. The van der Waals surface area contributed by atoms with Crippen molar-refractivity contribution in [2.45, 2.75) is 65.1 Å². The molecule has 2 rings (SSSR count). The molecule has 0 aliphatic carbocycles. The first-order valence-electron chi connectivity index (χ1n) is 9.67. The van der Waals surface area contributed by atoms with Crippen molar-refractivity contribution in [1.82, 2.24) is 10.2 Å². The Kier molecular flexibility index (Phi) is 7.91. The van der Waals surface area contributed by atoms with E-state index >= 15 is 0 Å². The summed E-state index contributed by atoms with van der Waals surface area (Å²) in [4.78, 5) is 14.9. The molecule has 1 aromatic carbocycles. The summed E-state index contributed by atoms with van der Waals surface area (Å²) < 4.78 is 5.86. The SMILES string of the molecule is CC(C)[C@@H](NC(=O)CN(C[C@@H]1CCCCO1)C(C)C)c1ccccc1. The van der Waals surface area contributed by atoms with E-state index in [4.69, 9.17) is 4.74 Å². The molecule has 4 nitrogen and oxygen atoms in total. The van der Waals surface area contributed by atoms with Crippen LogP contribution in [0.3, 0.4) is 0 Å². The molecule has 0 bridgehead atoms. The van der Waals surface area contributed by atoms with Crippen molar-refractivity contribution >= 4 is 5.91 Å². The molecule has 1 N–H and O–H groups in total. The lowest BCUT2D eigenvalue weighted by molar-refractivity contribution is -0.124. The molecule has 2 atom stereocenters. The first-order chi connectivity index (χ1) is 12.0. The monoisotopic (exact) mass is 346 g/mol. The lowest BCUT2D eigenvalue weighted by Crippen LogP contribution is -2.46. The maximum absolute atomic E-state index is 12.7. The van der Waals surface area contributed by atoms with Gasteiger partial charge < -0.3 is 10.1 Å². The van der Waals surface area contributed by atoms with Gasteiger partial charge in [0.2, 0.25) is 5.91 Å². The van der Waals surface area contributed by atoms with Gasteiger partial charge in [0.1, 0.15) is 0 Å². The van der Waals surface area contributed by atoms with Gasteiger partial charge in [0, 0.05) is 19.2 Å². The highest BCUT2D eigenvalue weighted by atomic mass is 16.5. The molecule has 1 aromatic rings. The Morgan fingerprint density at radius 2 is 1.92 bits per heavy atom. The smallest absolute Gasteiger partial charge is 0.234 e. The average molecular weight is 347 g/mol. The normalized spacial score (nSPS) is 19.4. The van der Waals surface area contributed by atoms with Gasteiger partial charge in [-0.3, -0.25) is 9.69 Å². The van der Waals surface area contributed by atoms with Crippen LogP contribution in [0.15, 0.2) is 30.3 Å². The van der Waals surface area contributed by atoms with Gasteiger partial charge in [-0.25, -0.2) is 0 Å². The number of nitrogens with one attached hydrogen (secondary N) is 1. The second kappa shape index (κ2) is 9.93. The van der Waals surface area contributed by atoms with E-state index in [0.717, 1.165) is 31.6 Å². The molecule has 1 saturated heterocycles. The zero-order valence-electron chi connectivity index (χ0n) is 16.2. The standard InChI is InChI=1S/C21H34N2O2/c1-16(2)21(18-10-6-5-7-11-18)22-20(24)15-23(17(3)4)14-19-12-8-9-13-25-19/h5-7,10-11,16-17,19,21H,8-9,12-15H2,1-4H3,(H,22,24)/t19-,21+/m0/s1. The van der Waals surface area contributed by atoms with Crippen molar-refractivity contribution < 1.29 is 9.53 Å². The second-order valence-corrected chi connectivity index (χ2v) is 7.71. The van der Waals surface area contributed by atoms with Gasteiger partial charge in [0.15, 0.2) is 0 Å². The largest absolute Gasteiger partial charge is 0.377 e. The summed E-state index contributed by atoms with van der Waals surface area (Å²) in [6, 6.07) is 10.6. The highest BCUT2D eigenvalue weighted by Gasteiger charge is 2.23. The first kappa shape index (κ1) is 19.9. The quantitative estimate of drug-likeness (QED) is 0.779. The third-order valence-electron chi connectivity index (χ3n) is 4.93. The minimum atomic E-state index is 0.0497. The Balaban J connectivity index is 1.94. The molecule has 0 spiro atoms. The summed E-state index contributed by atoms with van der Waals surface area (Å²) in [5.41, 5.74) is 1.16. The summed E-state index contributed by atoms with van der Waals surface area (Å²) >= 11 is 0. The maximum Gasteiger partial charge on any atom is 0.234 e. The van der Waals surface area contributed by atoms with Gasteiger partial charge in [-0.2, -0.15) is 0 Å². The Morgan fingerprint density at radius 1 is 1.20 bits per heavy atom. The van der Waals surface area contributed by atoms with Crippen molar-refractivity contribution in [3.05, 3.63) is 35.9 Å². The summed E-state index contributed by atoms with van der Waals surface area (Å²) in [5.74, 6) is 0.438. The molecule has 4 heteroatoms. The van der Waals surface area contributed by atoms with E-state index in [1.165, 1.54) is 6.42 Å². The van der Waals surface area contributed by atoms with Crippen molar-refractivity contribution in [3.63, 3.8) is 0 Å². The minimum absolute atomic E-state index is 0.0497. The number of carbonyl (C=O) groups excluding carboxylic acids is 1. The molecule has 140 valence electrons. The summed E-state index contributed by atoms with van der Waals surface area (Å²) in [6.07, 6.45) is 3.75. The van der Waals surface area contributed by atoms with E-state index < -0.39 is 0 Å². The predicted molar refractivity (Wildman–Crippen MR) is 102 cm³/mol. The summed E-state index contributed by atoms with van der Waals surface area (Å²) in [7, 11) is 0. The number of ether oxygens (including phenoxy) is 1. The number of nitrogens with zero attached hydrogens (tertiary/aromatic N) is 1. The van der Waals surface area contributed by atoms with E-state index in [9.17, 15) is 4.79 Å². The van der Waals surface area contributed by atoms with Gasteiger partial charge in [-0.05, 0) is 44.6 Å². The number of carbonyl (C=O) groups is 1. The molecule has 25 heavy (non-hydrogen) atoms. The van der Waals surface area contributed by atoms with Crippen LogP contribution >= 0.6 is 0 Å². The fourth-order valence-corrected chi connectivity index (χ4v) is 3.37. The second-order valence-electron chi connectivity index (χ2n) is 7.71. The van der Waals surface area contributed by atoms with Crippen LogP contribution in [-0.2, 0) is 9.53 Å². The van der Waals surface area contributed by atoms with Crippen LogP contribution in [0.5, 0.6) is 0 Å². The van der Waals surface area contributed by atoms with Gasteiger partial charge in [-0.15, -0.1) is 0 Å². The predicted octanol–water partition coefficient (Wildman–Crippen LogP) is 3.78. The molecule has 0 radical (unpaired) electrons. The zero-order valence-corrected chi connectivity index (χ0v) is 16.2. The minimum Gasteiger partial charge on any atom is -0.377 e. The van der Waals surface area contributed by atoms with E-state index in [-0.39, 0.29) is 18.1 Å². The molecular formula is C21H34N2O2. The lowest BCUT2D eigenvalue weighted by Gasteiger charge is -2.33. The van der Waals surface area contributed by atoms with Crippen LogP contribution in [0.2, 0.25) is 0 Å². The topological polar surface area (TPSA) is 41.6 Å².